The first-order valence-electron chi connectivity index (χ1n) is 9.57. The van der Waals surface area contributed by atoms with Gasteiger partial charge in [0.15, 0.2) is 0 Å². The molecule has 2 heterocycles. The van der Waals surface area contributed by atoms with Gasteiger partial charge in [0.1, 0.15) is 0 Å². The largest absolute Gasteiger partial charge is 0.379 e. The number of rotatable bonds is 5. The van der Waals surface area contributed by atoms with Crippen LogP contribution < -0.4 is 16.2 Å². The molecule has 1 fully saturated rings. The lowest BCUT2D eigenvalue weighted by Crippen LogP contribution is -2.41. The van der Waals surface area contributed by atoms with E-state index in [1.54, 1.807) is 42.5 Å². The predicted octanol–water partition coefficient (Wildman–Crippen LogP) is 1.45. The molecule has 154 valence electrons. The van der Waals surface area contributed by atoms with E-state index >= 15 is 0 Å². The summed E-state index contributed by atoms with van der Waals surface area (Å²) in [6.07, 6.45) is 1.34. The third kappa shape index (κ3) is 4.70. The van der Waals surface area contributed by atoms with Gasteiger partial charge in [-0.1, -0.05) is 6.07 Å². The Kier molecular flexibility index (Phi) is 5.82. The number of hydrogen-bond donors (Lipinski definition) is 3. The van der Waals surface area contributed by atoms with Crippen LogP contribution in [0.1, 0.15) is 10.4 Å². The second-order valence-electron chi connectivity index (χ2n) is 6.94. The number of carbonyl (C=O) groups excluding carboxylic acids is 2. The van der Waals surface area contributed by atoms with Gasteiger partial charge in [-0.25, -0.2) is 4.98 Å². The molecule has 0 bridgehead atoms. The summed E-state index contributed by atoms with van der Waals surface area (Å²) in [5.41, 5.74) is 1.68. The molecule has 0 aliphatic carbocycles. The number of aromatic amines is 1. The van der Waals surface area contributed by atoms with E-state index in [2.05, 4.69) is 20.6 Å². The normalized spacial score (nSPS) is 14.4. The summed E-state index contributed by atoms with van der Waals surface area (Å²) in [6, 6.07) is 11.6. The van der Waals surface area contributed by atoms with Gasteiger partial charge < -0.3 is 20.4 Å². The molecule has 0 unspecified atom stereocenters. The fraction of sp³-hybridized carbons (Fsp3) is 0.238. The van der Waals surface area contributed by atoms with Crippen LogP contribution in [-0.4, -0.2) is 59.5 Å². The Bertz CT molecular complexity index is 1140. The first-order valence-corrected chi connectivity index (χ1v) is 9.57. The smallest absolute Gasteiger partial charge is 0.258 e. The van der Waals surface area contributed by atoms with Crippen LogP contribution in [-0.2, 0) is 9.53 Å². The van der Waals surface area contributed by atoms with Crippen LogP contribution in [0.15, 0.2) is 53.6 Å². The van der Waals surface area contributed by atoms with Crippen molar-refractivity contribution in [3.8, 4) is 0 Å². The van der Waals surface area contributed by atoms with Gasteiger partial charge in [0.25, 0.3) is 11.5 Å². The predicted molar refractivity (Wildman–Crippen MR) is 113 cm³/mol. The fourth-order valence-electron chi connectivity index (χ4n) is 3.25. The maximum Gasteiger partial charge on any atom is 0.258 e. The number of ether oxygens (including phenoxy) is 1. The van der Waals surface area contributed by atoms with Gasteiger partial charge in [0.2, 0.25) is 5.91 Å². The van der Waals surface area contributed by atoms with Crippen molar-refractivity contribution in [3.63, 3.8) is 0 Å². The molecule has 2 aromatic carbocycles. The van der Waals surface area contributed by atoms with Gasteiger partial charge in [-0.05, 0) is 36.4 Å². The van der Waals surface area contributed by atoms with Crippen molar-refractivity contribution >= 4 is 34.1 Å². The van der Waals surface area contributed by atoms with Crippen molar-refractivity contribution in [3.05, 3.63) is 64.7 Å². The van der Waals surface area contributed by atoms with E-state index in [1.165, 1.54) is 6.33 Å². The number of benzene rings is 2. The van der Waals surface area contributed by atoms with E-state index in [1.807, 2.05) is 4.90 Å². The monoisotopic (exact) mass is 407 g/mol. The molecule has 30 heavy (non-hydrogen) atoms. The summed E-state index contributed by atoms with van der Waals surface area (Å²) >= 11 is 0. The number of anilines is 2. The molecule has 1 saturated heterocycles. The van der Waals surface area contributed by atoms with E-state index in [9.17, 15) is 14.4 Å². The Morgan fingerprint density at radius 1 is 1.07 bits per heavy atom. The molecule has 3 N–H and O–H groups in total. The molecule has 1 aliphatic rings. The van der Waals surface area contributed by atoms with E-state index in [0.29, 0.717) is 41.1 Å². The average Bonchev–Trinajstić information content (AvgIpc) is 2.75. The van der Waals surface area contributed by atoms with Gasteiger partial charge in [-0.2, -0.15) is 0 Å². The van der Waals surface area contributed by atoms with Gasteiger partial charge in [0, 0.05) is 30.0 Å². The highest BCUT2D eigenvalue weighted by Crippen LogP contribution is 2.17. The lowest BCUT2D eigenvalue weighted by atomic mass is 10.1. The quantitative estimate of drug-likeness (QED) is 0.589. The first-order chi connectivity index (χ1) is 14.6. The number of fused-ring (bicyclic) bond motifs is 1. The third-order valence-corrected chi connectivity index (χ3v) is 4.78. The van der Waals surface area contributed by atoms with Crippen LogP contribution in [0, 0.1) is 0 Å². The Balaban J connectivity index is 1.43. The second-order valence-corrected chi connectivity index (χ2v) is 6.94. The maximum absolute atomic E-state index is 12.6. The summed E-state index contributed by atoms with van der Waals surface area (Å²) < 4.78 is 5.28. The number of carbonyl (C=O) groups is 2. The molecule has 9 nitrogen and oxygen atoms in total. The zero-order chi connectivity index (χ0) is 20.9. The molecule has 0 spiro atoms. The SMILES string of the molecule is O=C(CN1CCOCC1)Nc1cccc(C(=O)Nc2ccc3nc[nH]c(=O)c3c2)c1. The standard InChI is InChI=1S/C21H21N5O4/c27-19(12-26-6-8-30-9-7-26)24-15-3-1-2-14(10-15)20(28)25-16-4-5-18-17(11-16)21(29)23-13-22-18/h1-5,10-11,13H,6-9,12H2,(H,24,27)(H,25,28)(H,22,23,29). The van der Waals surface area contributed by atoms with Crippen LogP contribution >= 0.6 is 0 Å². The van der Waals surface area contributed by atoms with Crippen LogP contribution in [0.3, 0.4) is 0 Å². The molecule has 1 aromatic heterocycles. The molecule has 3 aromatic rings. The number of nitrogens with one attached hydrogen (secondary N) is 3. The number of H-pyrrole nitrogens is 1. The molecule has 0 radical (unpaired) electrons. The topological polar surface area (TPSA) is 116 Å². The van der Waals surface area contributed by atoms with Crippen molar-refractivity contribution < 1.29 is 14.3 Å². The Hall–Kier alpha value is -3.56. The van der Waals surface area contributed by atoms with Crippen molar-refractivity contribution in [2.45, 2.75) is 0 Å². The molecule has 9 heteroatoms. The minimum atomic E-state index is -0.348. The first kappa shape index (κ1) is 19.7. The highest BCUT2D eigenvalue weighted by molar-refractivity contribution is 6.06. The molecule has 1 aliphatic heterocycles. The lowest BCUT2D eigenvalue weighted by Gasteiger charge is -2.25. The number of amides is 2. The molecular formula is C21H21N5O4. The molecular weight excluding hydrogens is 386 g/mol. The van der Waals surface area contributed by atoms with E-state index in [4.69, 9.17) is 4.74 Å². The molecule has 2 amide bonds. The van der Waals surface area contributed by atoms with Gasteiger partial charge >= 0.3 is 0 Å². The van der Waals surface area contributed by atoms with Gasteiger partial charge in [-0.3, -0.25) is 19.3 Å². The zero-order valence-electron chi connectivity index (χ0n) is 16.2. The van der Waals surface area contributed by atoms with Crippen molar-refractivity contribution in [2.75, 3.05) is 43.5 Å². The van der Waals surface area contributed by atoms with Crippen molar-refractivity contribution in [1.82, 2.24) is 14.9 Å². The molecule has 0 saturated carbocycles. The summed E-state index contributed by atoms with van der Waals surface area (Å²) in [6.45, 7) is 2.97. The number of nitrogens with zero attached hydrogens (tertiary/aromatic N) is 2. The highest BCUT2D eigenvalue weighted by atomic mass is 16.5. The summed E-state index contributed by atoms with van der Waals surface area (Å²) in [5, 5.41) is 5.98. The number of morpholine rings is 1. The van der Waals surface area contributed by atoms with E-state index < -0.39 is 0 Å². The van der Waals surface area contributed by atoms with Crippen molar-refractivity contribution in [2.24, 2.45) is 0 Å². The molecule has 0 atom stereocenters. The Labute approximate surface area is 172 Å². The van der Waals surface area contributed by atoms with Crippen LogP contribution in [0.25, 0.3) is 10.9 Å². The minimum Gasteiger partial charge on any atom is -0.379 e. The second kappa shape index (κ2) is 8.85. The Morgan fingerprint density at radius 2 is 1.87 bits per heavy atom. The average molecular weight is 407 g/mol. The summed E-state index contributed by atoms with van der Waals surface area (Å²) in [7, 11) is 0. The van der Waals surface area contributed by atoms with Gasteiger partial charge in [-0.15, -0.1) is 0 Å². The fourth-order valence-corrected chi connectivity index (χ4v) is 3.25. The van der Waals surface area contributed by atoms with E-state index in [-0.39, 0.29) is 23.9 Å². The van der Waals surface area contributed by atoms with Crippen molar-refractivity contribution in [1.29, 1.82) is 0 Å². The highest BCUT2D eigenvalue weighted by Gasteiger charge is 2.15. The summed E-state index contributed by atoms with van der Waals surface area (Å²) in [5.74, 6) is -0.491. The number of hydrogen-bond acceptors (Lipinski definition) is 6. The van der Waals surface area contributed by atoms with Crippen LogP contribution in [0.2, 0.25) is 0 Å². The number of aromatic nitrogens is 2. The zero-order valence-corrected chi connectivity index (χ0v) is 16.2. The van der Waals surface area contributed by atoms with Crippen LogP contribution in [0.5, 0.6) is 0 Å². The van der Waals surface area contributed by atoms with Crippen LogP contribution in [0.4, 0.5) is 11.4 Å². The Morgan fingerprint density at radius 3 is 2.70 bits per heavy atom. The minimum absolute atomic E-state index is 0.143. The maximum atomic E-state index is 12.6. The third-order valence-electron chi connectivity index (χ3n) is 4.78. The lowest BCUT2D eigenvalue weighted by molar-refractivity contribution is -0.118. The van der Waals surface area contributed by atoms with Gasteiger partial charge in [0.05, 0.1) is 37.0 Å². The molecule has 4 rings (SSSR count). The summed E-state index contributed by atoms with van der Waals surface area (Å²) in [4.78, 5) is 45.5. The van der Waals surface area contributed by atoms with E-state index in [0.717, 1.165) is 13.1 Å².